The Kier molecular flexibility index (Phi) is 5.23. The van der Waals surface area contributed by atoms with Crippen LogP contribution in [0, 0.1) is 11.8 Å². The average Bonchev–Trinajstić information content (AvgIpc) is 2.73. The molecule has 0 bridgehead atoms. The number of aromatic hydroxyl groups is 4. The number of hydrogen-bond acceptors (Lipinski definition) is 6. The lowest BCUT2D eigenvalue weighted by Crippen LogP contribution is -2.27. The number of fused-ring (bicyclic) bond motifs is 1. The molecule has 3 aromatic rings. The van der Waals surface area contributed by atoms with Gasteiger partial charge in [-0.25, -0.2) is 4.79 Å². The van der Waals surface area contributed by atoms with Crippen LogP contribution in [-0.4, -0.2) is 26.4 Å². The highest BCUT2D eigenvalue weighted by molar-refractivity contribution is 5.91. The molecule has 0 amide bonds. The van der Waals surface area contributed by atoms with Gasteiger partial charge in [0.15, 0.2) is 23.0 Å². The van der Waals surface area contributed by atoms with Crippen LogP contribution >= 0.6 is 0 Å². The van der Waals surface area contributed by atoms with Gasteiger partial charge in [0.25, 0.3) is 0 Å². The van der Waals surface area contributed by atoms with Crippen molar-refractivity contribution in [2.24, 2.45) is 11.8 Å². The zero-order valence-electron chi connectivity index (χ0n) is 17.2. The average molecular weight is 420 g/mol. The molecule has 1 aliphatic carbocycles. The molecular formula is C25H24O6. The van der Waals surface area contributed by atoms with Crippen LogP contribution in [-0.2, 0) is 6.42 Å². The Morgan fingerprint density at radius 3 is 2.26 bits per heavy atom. The molecule has 0 heterocycles. The van der Waals surface area contributed by atoms with Crippen LogP contribution in [0.5, 0.6) is 28.7 Å². The van der Waals surface area contributed by atoms with Crippen molar-refractivity contribution in [2.75, 3.05) is 0 Å². The van der Waals surface area contributed by atoms with Crippen molar-refractivity contribution in [3.05, 3.63) is 76.9 Å². The molecule has 3 aromatic carbocycles. The van der Waals surface area contributed by atoms with Crippen molar-refractivity contribution in [3.63, 3.8) is 0 Å². The summed E-state index contributed by atoms with van der Waals surface area (Å²) >= 11 is 0. The Morgan fingerprint density at radius 1 is 0.871 bits per heavy atom. The number of rotatable bonds is 3. The fourth-order valence-corrected chi connectivity index (χ4v) is 4.29. The van der Waals surface area contributed by atoms with Crippen LogP contribution in [0.1, 0.15) is 46.8 Å². The number of carbonyl (C=O) groups excluding carboxylic acids is 1. The summed E-state index contributed by atoms with van der Waals surface area (Å²) in [4.78, 5) is 12.5. The van der Waals surface area contributed by atoms with Crippen molar-refractivity contribution in [3.8, 4) is 28.7 Å². The summed E-state index contributed by atoms with van der Waals surface area (Å²) in [5, 5.41) is 39.7. The summed E-state index contributed by atoms with van der Waals surface area (Å²) in [6.07, 6.45) is 0.751. The molecular weight excluding hydrogens is 396 g/mol. The second-order valence-electron chi connectivity index (χ2n) is 8.22. The zero-order valence-corrected chi connectivity index (χ0v) is 17.2. The maximum absolute atomic E-state index is 12.5. The van der Waals surface area contributed by atoms with E-state index in [1.807, 2.05) is 0 Å². The van der Waals surface area contributed by atoms with E-state index >= 15 is 0 Å². The van der Waals surface area contributed by atoms with Gasteiger partial charge in [0, 0.05) is 5.92 Å². The predicted octanol–water partition coefficient (Wildman–Crippen LogP) is 4.69. The zero-order chi connectivity index (χ0) is 22.3. The topological polar surface area (TPSA) is 107 Å². The van der Waals surface area contributed by atoms with Crippen molar-refractivity contribution in [1.82, 2.24) is 0 Å². The molecule has 0 saturated carbocycles. The SMILES string of the molecule is C[C@H]1[C@H](c2ccc(O)c(O)c2)c2cc(O)c(OC(=O)c3ccc(O)cc3)cc2C[C@H]1C. The highest BCUT2D eigenvalue weighted by Gasteiger charge is 2.34. The molecule has 3 atom stereocenters. The quantitative estimate of drug-likeness (QED) is 0.278. The Labute approximate surface area is 180 Å². The van der Waals surface area contributed by atoms with Gasteiger partial charge in [0.1, 0.15) is 5.75 Å². The molecule has 0 saturated heterocycles. The van der Waals surface area contributed by atoms with Gasteiger partial charge in [-0.3, -0.25) is 0 Å². The van der Waals surface area contributed by atoms with E-state index in [1.54, 1.807) is 24.3 Å². The van der Waals surface area contributed by atoms with Gasteiger partial charge in [0.05, 0.1) is 5.56 Å². The van der Waals surface area contributed by atoms with Crippen LogP contribution < -0.4 is 4.74 Å². The lowest BCUT2D eigenvalue weighted by molar-refractivity contribution is 0.0729. The summed E-state index contributed by atoms with van der Waals surface area (Å²) in [5.41, 5.74) is 2.95. The van der Waals surface area contributed by atoms with Crippen LogP contribution in [0.3, 0.4) is 0 Å². The van der Waals surface area contributed by atoms with Gasteiger partial charge in [0.2, 0.25) is 0 Å². The highest BCUT2D eigenvalue weighted by Crippen LogP contribution is 2.47. The molecule has 6 nitrogen and oxygen atoms in total. The summed E-state index contributed by atoms with van der Waals surface area (Å²) in [6.45, 7) is 4.26. The first kappa shape index (κ1) is 20.6. The number of esters is 1. The second kappa shape index (κ2) is 7.87. The number of hydrogen-bond donors (Lipinski definition) is 4. The van der Waals surface area contributed by atoms with E-state index in [0.29, 0.717) is 5.92 Å². The maximum Gasteiger partial charge on any atom is 0.343 e. The van der Waals surface area contributed by atoms with Gasteiger partial charge in [-0.2, -0.15) is 0 Å². The van der Waals surface area contributed by atoms with Gasteiger partial charge in [-0.15, -0.1) is 0 Å². The Morgan fingerprint density at radius 2 is 1.58 bits per heavy atom. The van der Waals surface area contributed by atoms with Crippen LogP contribution in [0.2, 0.25) is 0 Å². The van der Waals surface area contributed by atoms with E-state index in [0.717, 1.165) is 23.1 Å². The lowest BCUT2D eigenvalue weighted by atomic mass is 9.68. The van der Waals surface area contributed by atoms with Gasteiger partial charge in [-0.05, 0) is 83.5 Å². The number of ether oxygens (including phenoxy) is 1. The minimum atomic E-state index is -0.632. The molecule has 4 N–H and O–H groups in total. The van der Waals surface area contributed by atoms with Crippen LogP contribution in [0.4, 0.5) is 0 Å². The molecule has 0 aliphatic heterocycles. The third kappa shape index (κ3) is 3.89. The fourth-order valence-electron chi connectivity index (χ4n) is 4.29. The number of phenolic OH excluding ortho intramolecular Hbond substituents is 4. The number of carbonyl (C=O) groups is 1. The Hall–Kier alpha value is -3.67. The smallest absolute Gasteiger partial charge is 0.343 e. The van der Waals surface area contributed by atoms with Crippen molar-refractivity contribution in [1.29, 1.82) is 0 Å². The molecule has 0 spiro atoms. The Bertz CT molecular complexity index is 1140. The third-order valence-corrected chi connectivity index (χ3v) is 6.19. The molecule has 0 aromatic heterocycles. The van der Waals surface area contributed by atoms with Crippen LogP contribution in [0.25, 0.3) is 0 Å². The molecule has 0 unspecified atom stereocenters. The van der Waals surface area contributed by atoms with Gasteiger partial charge in [-0.1, -0.05) is 19.9 Å². The van der Waals surface area contributed by atoms with E-state index < -0.39 is 5.97 Å². The minimum absolute atomic E-state index is 0.0441. The van der Waals surface area contributed by atoms with E-state index in [9.17, 15) is 25.2 Å². The number of benzene rings is 3. The highest BCUT2D eigenvalue weighted by atomic mass is 16.5. The summed E-state index contributed by atoms with van der Waals surface area (Å²) in [6, 6.07) is 13.8. The fraction of sp³-hybridized carbons (Fsp3) is 0.240. The maximum atomic E-state index is 12.5. The largest absolute Gasteiger partial charge is 0.508 e. The normalized spacial score (nSPS) is 20.1. The second-order valence-corrected chi connectivity index (χ2v) is 8.22. The lowest BCUT2D eigenvalue weighted by Gasteiger charge is -2.37. The first-order valence-corrected chi connectivity index (χ1v) is 10.1. The standard InChI is InChI=1S/C25H24O6/c1-13-9-17-11-23(31-25(30)15-3-6-18(26)7-4-15)22(29)12-19(17)24(14(13)2)16-5-8-20(27)21(28)10-16/h3-8,10-14,24,26-29H,9H2,1-2H3/t13-,14-,24-/m1/s1. The first-order chi connectivity index (χ1) is 14.7. The molecule has 0 fully saturated rings. The van der Waals surface area contributed by atoms with E-state index in [4.69, 9.17) is 4.74 Å². The number of phenols is 4. The van der Waals surface area contributed by atoms with Crippen molar-refractivity contribution < 1.29 is 30.0 Å². The summed E-state index contributed by atoms with van der Waals surface area (Å²) in [5.74, 6) is -0.604. The third-order valence-electron chi connectivity index (χ3n) is 6.19. The van der Waals surface area contributed by atoms with Crippen molar-refractivity contribution in [2.45, 2.75) is 26.2 Å². The van der Waals surface area contributed by atoms with Gasteiger partial charge < -0.3 is 25.2 Å². The monoisotopic (exact) mass is 420 g/mol. The molecule has 4 rings (SSSR count). The summed E-state index contributed by atoms with van der Waals surface area (Å²) in [7, 11) is 0. The Balaban J connectivity index is 1.71. The summed E-state index contributed by atoms with van der Waals surface area (Å²) < 4.78 is 5.43. The molecule has 160 valence electrons. The molecule has 1 aliphatic rings. The van der Waals surface area contributed by atoms with Gasteiger partial charge >= 0.3 is 5.97 Å². The van der Waals surface area contributed by atoms with Crippen LogP contribution in [0.15, 0.2) is 54.6 Å². The minimum Gasteiger partial charge on any atom is -0.508 e. The van der Waals surface area contributed by atoms with E-state index in [1.165, 1.54) is 30.3 Å². The van der Waals surface area contributed by atoms with E-state index in [-0.39, 0.29) is 46.1 Å². The molecule has 0 radical (unpaired) electrons. The van der Waals surface area contributed by atoms with Crippen molar-refractivity contribution >= 4 is 5.97 Å². The first-order valence-electron chi connectivity index (χ1n) is 10.1. The predicted molar refractivity (Wildman–Crippen MR) is 115 cm³/mol. The molecule has 31 heavy (non-hydrogen) atoms. The van der Waals surface area contributed by atoms with E-state index in [2.05, 4.69) is 13.8 Å². The molecule has 6 heteroatoms.